The van der Waals surface area contributed by atoms with Gasteiger partial charge in [0, 0.05) is 26.6 Å². The van der Waals surface area contributed by atoms with Crippen molar-refractivity contribution in [2.45, 2.75) is 20.8 Å². The van der Waals surface area contributed by atoms with E-state index in [2.05, 4.69) is 36.9 Å². The van der Waals surface area contributed by atoms with E-state index in [9.17, 15) is 4.79 Å². The molecule has 0 atom stereocenters. The van der Waals surface area contributed by atoms with Gasteiger partial charge in [-0.3, -0.25) is 4.79 Å². The lowest BCUT2D eigenvalue weighted by Gasteiger charge is -2.10. The van der Waals surface area contributed by atoms with Crippen molar-refractivity contribution >= 4 is 73.7 Å². The Balaban J connectivity index is 1.66. The number of thioether (sulfide) groups is 1. The van der Waals surface area contributed by atoms with Crippen LogP contribution in [0.4, 0.5) is 5.69 Å². The third kappa shape index (κ3) is 4.48. The SMILES string of the molecule is Cc1c(Cl)cccc1N=C1NC(=O)/C(=C\c2cc(C)n(-c3ccc(Br)c(Cl)c3)c2C)S1. The molecule has 31 heavy (non-hydrogen) atoms. The maximum Gasteiger partial charge on any atom is 0.264 e. The molecular weight excluding hydrogens is 517 g/mol. The van der Waals surface area contributed by atoms with Crippen LogP contribution in [0.15, 0.2) is 56.8 Å². The quantitative estimate of drug-likeness (QED) is 0.357. The standard InChI is InChI=1S/C23H18BrCl2N3OS/c1-12-9-15(14(3)29(12)16-7-8-17(24)19(26)11-16)10-21-22(30)28-23(31-21)27-20-6-4-5-18(25)13(20)2/h4-11H,1-3H3,(H,27,28,30)/b21-10+. The van der Waals surface area contributed by atoms with Gasteiger partial charge in [-0.15, -0.1) is 0 Å². The van der Waals surface area contributed by atoms with Gasteiger partial charge in [0.2, 0.25) is 0 Å². The maximum absolute atomic E-state index is 12.5. The summed E-state index contributed by atoms with van der Waals surface area (Å²) in [6.07, 6.45) is 1.90. The van der Waals surface area contributed by atoms with Gasteiger partial charge >= 0.3 is 0 Å². The summed E-state index contributed by atoms with van der Waals surface area (Å²) in [5.74, 6) is -0.167. The maximum atomic E-state index is 12.5. The van der Waals surface area contributed by atoms with Crippen LogP contribution in [-0.2, 0) is 4.79 Å². The van der Waals surface area contributed by atoms with Gasteiger partial charge < -0.3 is 9.88 Å². The van der Waals surface area contributed by atoms with Crippen LogP contribution in [0.25, 0.3) is 11.8 Å². The molecule has 4 nitrogen and oxygen atoms in total. The highest BCUT2D eigenvalue weighted by atomic mass is 79.9. The number of aryl methyl sites for hydroxylation is 1. The third-order valence-electron chi connectivity index (χ3n) is 5.03. The monoisotopic (exact) mass is 533 g/mol. The third-order valence-corrected chi connectivity index (χ3v) is 7.58. The molecule has 1 aromatic heterocycles. The minimum atomic E-state index is -0.167. The second kappa shape index (κ2) is 8.87. The van der Waals surface area contributed by atoms with Crippen LogP contribution in [0.5, 0.6) is 0 Å². The lowest BCUT2D eigenvalue weighted by Crippen LogP contribution is -2.19. The van der Waals surface area contributed by atoms with Gasteiger partial charge in [0.05, 0.1) is 15.6 Å². The van der Waals surface area contributed by atoms with E-state index in [1.54, 1.807) is 0 Å². The largest absolute Gasteiger partial charge is 0.318 e. The number of halogens is 3. The molecule has 2 heterocycles. The first kappa shape index (κ1) is 22.2. The molecule has 1 aliphatic rings. The molecule has 4 rings (SSSR count). The minimum Gasteiger partial charge on any atom is -0.318 e. The molecule has 158 valence electrons. The predicted octanol–water partition coefficient (Wildman–Crippen LogP) is 7.36. The molecule has 1 amide bonds. The highest BCUT2D eigenvalue weighted by Gasteiger charge is 2.25. The average Bonchev–Trinajstić information content (AvgIpc) is 3.20. The second-order valence-electron chi connectivity index (χ2n) is 7.13. The van der Waals surface area contributed by atoms with Gasteiger partial charge in [-0.05, 0) is 102 Å². The normalized spacial score (nSPS) is 16.4. The van der Waals surface area contributed by atoms with E-state index in [0.717, 1.165) is 38.4 Å². The van der Waals surface area contributed by atoms with Crippen molar-refractivity contribution in [2.75, 3.05) is 0 Å². The smallest absolute Gasteiger partial charge is 0.264 e. The number of amidine groups is 1. The molecule has 0 spiro atoms. The van der Waals surface area contributed by atoms with Gasteiger partial charge in [0.1, 0.15) is 0 Å². The fraction of sp³-hybridized carbons (Fsp3) is 0.130. The summed E-state index contributed by atoms with van der Waals surface area (Å²) in [4.78, 5) is 17.7. The predicted molar refractivity (Wildman–Crippen MR) is 135 cm³/mol. The number of rotatable bonds is 3. The number of nitrogens with one attached hydrogen (secondary N) is 1. The van der Waals surface area contributed by atoms with Crippen molar-refractivity contribution in [2.24, 2.45) is 4.99 Å². The Morgan fingerprint density at radius 2 is 1.87 bits per heavy atom. The molecule has 0 unspecified atom stereocenters. The lowest BCUT2D eigenvalue weighted by atomic mass is 10.2. The fourth-order valence-corrected chi connectivity index (χ4v) is 4.82. The minimum absolute atomic E-state index is 0.167. The van der Waals surface area contributed by atoms with E-state index in [0.29, 0.717) is 20.1 Å². The van der Waals surface area contributed by atoms with Crippen molar-refractivity contribution in [1.29, 1.82) is 0 Å². The van der Waals surface area contributed by atoms with Crippen LogP contribution >= 0.6 is 50.9 Å². The molecular formula is C23H18BrCl2N3OS. The van der Waals surface area contributed by atoms with E-state index in [4.69, 9.17) is 23.2 Å². The number of benzene rings is 2. The molecule has 0 bridgehead atoms. The summed E-state index contributed by atoms with van der Waals surface area (Å²) >= 11 is 17.2. The number of amides is 1. The summed E-state index contributed by atoms with van der Waals surface area (Å²) in [7, 11) is 0. The zero-order valence-corrected chi connectivity index (χ0v) is 20.9. The van der Waals surface area contributed by atoms with Gasteiger partial charge in [-0.25, -0.2) is 4.99 Å². The Hall–Kier alpha value is -1.99. The van der Waals surface area contributed by atoms with Crippen molar-refractivity contribution in [3.8, 4) is 5.69 Å². The van der Waals surface area contributed by atoms with Crippen molar-refractivity contribution < 1.29 is 4.79 Å². The van der Waals surface area contributed by atoms with Crippen LogP contribution < -0.4 is 5.32 Å². The number of carbonyl (C=O) groups excluding carboxylic acids is 1. The Bertz CT molecular complexity index is 1280. The molecule has 1 N–H and O–H groups in total. The van der Waals surface area contributed by atoms with E-state index in [-0.39, 0.29) is 5.91 Å². The topological polar surface area (TPSA) is 46.4 Å². The highest BCUT2D eigenvalue weighted by Crippen LogP contribution is 2.33. The van der Waals surface area contributed by atoms with Gasteiger partial charge in [0.25, 0.3) is 5.91 Å². The Labute approximate surface area is 203 Å². The summed E-state index contributed by atoms with van der Waals surface area (Å²) < 4.78 is 2.97. The summed E-state index contributed by atoms with van der Waals surface area (Å²) in [6, 6.07) is 13.4. The average molecular weight is 535 g/mol. The number of hydrogen-bond donors (Lipinski definition) is 1. The van der Waals surface area contributed by atoms with Crippen LogP contribution in [-0.4, -0.2) is 15.6 Å². The molecule has 0 radical (unpaired) electrons. The number of aromatic nitrogens is 1. The van der Waals surface area contributed by atoms with Gasteiger partial charge in [-0.1, -0.05) is 29.3 Å². The zero-order chi connectivity index (χ0) is 22.3. The first-order valence-electron chi connectivity index (χ1n) is 9.43. The molecule has 3 aromatic rings. The van der Waals surface area contributed by atoms with Crippen molar-refractivity contribution in [3.63, 3.8) is 0 Å². The van der Waals surface area contributed by atoms with Crippen molar-refractivity contribution in [3.05, 3.63) is 84.4 Å². The highest BCUT2D eigenvalue weighted by molar-refractivity contribution is 9.10. The summed E-state index contributed by atoms with van der Waals surface area (Å²) in [5, 5.41) is 4.67. The zero-order valence-electron chi connectivity index (χ0n) is 17.0. The summed E-state index contributed by atoms with van der Waals surface area (Å²) in [5.41, 5.74) is 5.62. The Morgan fingerprint density at radius 3 is 2.61 bits per heavy atom. The van der Waals surface area contributed by atoms with Gasteiger partial charge in [0.15, 0.2) is 5.17 Å². The Morgan fingerprint density at radius 1 is 1.10 bits per heavy atom. The summed E-state index contributed by atoms with van der Waals surface area (Å²) in [6.45, 7) is 5.96. The van der Waals surface area contributed by atoms with E-state index >= 15 is 0 Å². The number of hydrogen-bond acceptors (Lipinski definition) is 3. The second-order valence-corrected chi connectivity index (χ2v) is 9.83. The van der Waals surface area contributed by atoms with Crippen LogP contribution in [0.2, 0.25) is 10.0 Å². The van der Waals surface area contributed by atoms with Crippen LogP contribution in [0.3, 0.4) is 0 Å². The molecule has 2 aromatic carbocycles. The van der Waals surface area contributed by atoms with Gasteiger partial charge in [-0.2, -0.15) is 0 Å². The molecule has 0 saturated carbocycles. The first-order valence-corrected chi connectivity index (χ1v) is 11.8. The lowest BCUT2D eigenvalue weighted by molar-refractivity contribution is -0.115. The number of carbonyl (C=O) groups is 1. The molecule has 0 aliphatic carbocycles. The Kier molecular flexibility index (Phi) is 6.35. The van der Waals surface area contributed by atoms with Crippen molar-refractivity contribution in [1.82, 2.24) is 9.88 Å². The molecule has 1 saturated heterocycles. The van der Waals surface area contributed by atoms with E-state index in [1.165, 1.54) is 11.8 Å². The number of aliphatic imine (C=N–C) groups is 1. The molecule has 8 heteroatoms. The molecule has 1 aliphatic heterocycles. The number of nitrogens with zero attached hydrogens (tertiary/aromatic N) is 2. The molecule has 1 fully saturated rings. The first-order chi connectivity index (χ1) is 14.7. The van der Waals surface area contributed by atoms with Crippen LogP contribution in [0.1, 0.15) is 22.5 Å². The van der Waals surface area contributed by atoms with Crippen LogP contribution in [0, 0.1) is 20.8 Å². The van der Waals surface area contributed by atoms with E-state index in [1.807, 2.05) is 63.2 Å². The fourth-order valence-electron chi connectivity index (χ4n) is 3.40. The van der Waals surface area contributed by atoms with E-state index < -0.39 is 0 Å².